The highest BCUT2D eigenvalue weighted by atomic mass is 32.1. The van der Waals surface area contributed by atoms with E-state index in [-0.39, 0.29) is 11.5 Å². The average Bonchev–Trinajstić information content (AvgIpc) is 3.06. The smallest absolute Gasteiger partial charge is 0.351 e. The van der Waals surface area contributed by atoms with Gasteiger partial charge in [0.25, 0.3) is 0 Å². The number of nitro groups is 1. The van der Waals surface area contributed by atoms with Crippen LogP contribution in [0, 0.1) is 29.9 Å². The van der Waals surface area contributed by atoms with Crippen molar-refractivity contribution in [2.45, 2.75) is 33.1 Å². The third-order valence-corrected chi connectivity index (χ3v) is 6.51. The van der Waals surface area contributed by atoms with Gasteiger partial charge < -0.3 is 10.2 Å². The fourth-order valence-electron chi connectivity index (χ4n) is 3.78. The first-order valence-electron chi connectivity index (χ1n) is 10.0. The molecule has 1 aromatic carbocycles. The molecule has 0 bridgehead atoms. The van der Waals surface area contributed by atoms with Gasteiger partial charge in [-0.15, -0.1) is 11.3 Å². The summed E-state index contributed by atoms with van der Waals surface area (Å²) in [6.07, 6.45) is 4.37. The molecule has 0 radical (unpaired) electrons. The highest BCUT2D eigenvalue weighted by Gasteiger charge is 2.30. The number of aromatic nitrogens is 3. The zero-order valence-electron chi connectivity index (χ0n) is 17.0. The number of benzene rings is 1. The fraction of sp³-hybridized carbons (Fsp3) is 0.381. The molecule has 2 aromatic heterocycles. The van der Waals surface area contributed by atoms with Crippen molar-refractivity contribution in [1.29, 1.82) is 0 Å². The second-order valence-electron chi connectivity index (χ2n) is 7.56. The molecule has 0 saturated carbocycles. The topological polar surface area (TPSA) is 97.1 Å². The molecule has 156 valence electrons. The van der Waals surface area contributed by atoms with Crippen LogP contribution < -0.4 is 10.2 Å². The summed E-state index contributed by atoms with van der Waals surface area (Å²) in [7, 11) is 0. The quantitative estimate of drug-likeness (QED) is 0.454. The van der Waals surface area contributed by atoms with Crippen LogP contribution in [0.5, 0.6) is 0 Å². The van der Waals surface area contributed by atoms with Crippen molar-refractivity contribution in [2.24, 2.45) is 5.92 Å². The molecule has 30 heavy (non-hydrogen) atoms. The second kappa shape index (κ2) is 8.74. The van der Waals surface area contributed by atoms with Gasteiger partial charge in [0, 0.05) is 18.0 Å². The lowest BCUT2D eigenvalue weighted by molar-refractivity contribution is -0.383. The molecule has 0 spiro atoms. The number of nitrogens with zero attached hydrogens (tertiary/aromatic N) is 5. The Hall–Kier alpha value is -3.07. The van der Waals surface area contributed by atoms with E-state index in [9.17, 15) is 10.1 Å². The Kier molecular flexibility index (Phi) is 5.89. The van der Waals surface area contributed by atoms with Crippen molar-refractivity contribution in [1.82, 2.24) is 15.0 Å². The van der Waals surface area contributed by atoms with E-state index in [4.69, 9.17) is 0 Å². The predicted octanol–water partition coefficient (Wildman–Crippen LogP) is 4.66. The first kappa shape index (κ1) is 20.2. The first-order valence-corrected chi connectivity index (χ1v) is 10.8. The van der Waals surface area contributed by atoms with Crippen LogP contribution in [-0.2, 0) is 6.42 Å². The Labute approximate surface area is 179 Å². The molecule has 3 aromatic rings. The Balaban J connectivity index is 1.51. The van der Waals surface area contributed by atoms with E-state index in [1.54, 1.807) is 0 Å². The predicted molar refractivity (Wildman–Crippen MR) is 119 cm³/mol. The highest BCUT2D eigenvalue weighted by Crippen LogP contribution is 2.36. The molecule has 3 heterocycles. The lowest BCUT2D eigenvalue weighted by Crippen LogP contribution is -2.35. The lowest BCUT2D eigenvalue weighted by atomic mass is 9.90. The van der Waals surface area contributed by atoms with Crippen LogP contribution in [0.25, 0.3) is 0 Å². The molecule has 1 N–H and O–H groups in total. The third kappa shape index (κ3) is 4.40. The fourth-order valence-corrected chi connectivity index (χ4v) is 4.60. The number of aryl methyl sites for hydroxylation is 2. The molecule has 1 aliphatic rings. The summed E-state index contributed by atoms with van der Waals surface area (Å²) in [6, 6.07) is 10.5. The number of rotatable bonds is 6. The van der Waals surface area contributed by atoms with Gasteiger partial charge in [0.2, 0.25) is 11.6 Å². The molecular weight excluding hydrogens is 400 g/mol. The van der Waals surface area contributed by atoms with Crippen molar-refractivity contribution in [3.63, 3.8) is 0 Å². The summed E-state index contributed by atoms with van der Waals surface area (Å²) in [5.41, 5.74) is 2.15. The number of hydrogen-bond donors (Lipinski definition) is 1. The summed E-state index contributed by atoms with van der Waals surface area (Å²) in [4.78, 5) is 27.4. The number of nitrogens with one attached hydrogen (secondary N) is 1. The van der Waals surface area contributed by atoms with E-state index in [2.05, 4.69) is 44.5 Å². The zero-order chi connectivity index (χ0) is 21.1. The van der Waals surface area contributed by atoms with Gasteiger partial charge in [-0.3, -0.25) is 10.1 Å². The molecule has 0 aliphatic carbocycles. The molecule has 0 amide bonds. The van der Waals surface area contributed by atoms with Crippen LogP contribution in [0.1, 0.15) is 29.0 Å². The van der Waals surface area contributed by atoms with E-state index in [0.717, 1.165) is 42.9 Å². The molecule has 1 aliphatic heterocycles. The standard InChI is InChI=1S/C21H24N6O2S/c1-14-15(2)30-21(24-14)25-19-18(27(28)29)20(23-13-22-19)26-10-8-17(9-11-26)12-16-6-4-3-5-7-16/h3-7,13,17H,8-12H2,1-2H3,(H,22,23,24,25). The van der Waals surface area contributed by atoms with Gasteiger partial charge >= 0.3 is 5.69 Å². The summed E-state index contributed by atoms with van der Waals surface area (Å²) >= 11 is 1.45. The monoisotopic (exact) mass is 424 g/mol. The largest absolute Gasteiger partial charge is 0.353 e. The molecule has 9 heteroatoms. The van der Waals surface area contributed by atoms with Crippen LogP contribution >= 0.6 is 11.3 Å². The van der Waals surface area contributed by atoms with Gasteiger partial charge in [-0.1, -0.05) is 30.3 Å². The van der Waals surface area contributed by atoms with E-state index < -0.39 is 4.92 Å². The molecule has 1 fully saturated rings. The number of thiazole rings is 1. The number of anilines is 3. The molecule has 0 atom stereocenters. The lowest BCUT2D eigenvalue weighted by Gasteiger charge is -2.32. The summed E-state index contributed by atoms with van der Waals surface area (Å²) in [5, 5.41) is 15.5. The summed E-state index contributed by atoms with van der Waals surface area (Å²) in [6.45, 7) is 5.36. The van der Waals surface area contributed by atoms with Crippen LogP contribution in [0.4, 0.5) is 22.5 Å². The van der Waals surface area contributed by atoms with Crippen LogP contribution in [0.3, 0.4) is 0 Å². The van der Waals surface area contributed by atoms with Gasteiger partial charge in [-0.2, -0.15) is 0 Å². The van der Waals surface area contributed by atoms with Crippen molar-refractivity contribution >= 4 is 33.8 Å². The summed E-state index contributed by atoms with van der Waals surface area (Å²) in [5.74, 6) is 1.13. The highest BCUT2D eigenvalue weighted by molar-refractivity contribution is 7.15. The maximum atomic E-state index is 11.9. The average molecular weight is 425 g/mol. The van der Waals surface area contributed by atoms with Crippen molar-refractivity contribution in [3.8, 4) is 0 Å². The first-order chi connectivity index (χ1) is 14.5. The van der Waals surface area contributed by atoms with Gasteiger partial charge in [-0.05, 0) is 44.6 Å². The molecule has 0 unspecified atom stereocenters. The number of hydrogen-bond acceptors (Lipinski definition) is 8. The Bertz CT molecular complexity index is 1010. The molecular formula is C21H24N6O2S. The summed E-state index contributed by atoms with van der Waals surface area (Å²) < 4.78 is 0. The zero-order valence-corrected chi connectivity index (χ0v) is 17.9. The number of piperidine rings is 1. The van der Waals surface area contributed by atoms with Gasteiger partial charge in [0.05, 0.1) is 10.6 Å². The Morgan fingerprint density at radius 3 is 2.57 bits per heavy atom. The minimum absolute atomic E-state index is 0.0930. The minimum Gasteiger partial charge on any atom is -0.351 e. The van der Waals surface area contributed by atoms with Gasteiger partial charge in [0.15, 0.2) is 5.13 Å². The Morgan fingerprint density at radius 2 is 1.93 bits per heavy atom. The van der Waals surface area contributed by atoms with Crippen LogP contribution in [0.15, 0.2) is 36.7 Å². The second-order valence-corrected chi connectivity index (χ2v) is 8.76. The minimum atomic E-state index is -0.402. The maximum absolute atomic E-state index is 11.9. The molecule has 1 saturated heterocycles. The molecule has 4 rings (SSSR count). The van der Waals surface area contributed by atoms with Gasteiger partial charge in [0.1, 0.15) is 6.33 Å². The SMILES string of the molecule is Cc1nc(Nc2ncnc(N3CCC(Cc4ccccc4)CC3)c2[N+](=O)[O-])sc1C. The van der Waals surface area contributed by atoms with Crippen molar-refractivity contribution < 1.29 is 4.92 Å². The maximum Gasteiger partial charge on any atom is 0.353 e. The van der Waals surface area contributed by atoms with Crippen molar-refractivity contribution in [3.05, 3.63) is 62.9 Å². The Morgan fingerprint density at radius 1 is 1.20 bits per heavy atom. The van der Waals surface area contributed by atoms with Crippen LogP contribution in [-0.4, -0.2) is 33.0 Å². The van der Waals surface area contributed by atoms with E-state index in [1.165, 1.54) is 23.2 Å². The molecule has 8 nitrogen and oxygen atoms in total. The van der Waals surface area contributed by atoms with Crippen molar-refractivity contribution in [2.75, 3.05) is 23.3 Å². The van der Waals surface area contributed by atoms with Gasteiger partial charge in [-0.25, -0.2) is 15.0 Å². The third-order valence-electron chi connectivity index (χ3n) is 5.52. The van der Waals surface area contributed by atoms with E-state index in [1.807, 2.05) is 24.8 Å². The van der Waals surface area contributed by atoms with Crippen LogP contribution in [0.2, 0.25) is 0 Å². The normalized spacial score (nSPS) is 14.7. The van der Waals surface area contributed by atoms with E-state index >= 15 is 0 Å². The van der Waals surface area contributed by atoms with E-state index in [0.29, 0.717) is 16.9 Å².